The van der Waals surface area contributed by atoms with Crippen molar-refractivity contribution in [3.63, 3.8) is 0 Å². The molecule has 6 unspecified atom stereocenters. The maximum atomic E-state index is 2.55. The van der Waals surface area contributed by atoms with Crippen LogP contribution in [0.1, 0.15) is 57.8 Å². The van der Waals surface area contributed by atoms with E-state index >= 15 is 0 Å². The minimum Gasteiger partial charge on any atom is -0.0880 e. The van der Waals surface area contributed by atoms with Gasteiger partial charge >= 0.3 is 0 Å². The molecule has 0 spiro atoms. The first-order valence-electron chi connectivity index (χ1n) is 8.08. The molecule has 4 aliphatic rings. The molecule has 0 N–H and O–H groups in total. The number of hydrogen-bond acceptors (Lipinski definition) is 0. The summed E-state index contributed by atoms with van der Waals surface area (Å²) in [4.78, 5) is 0. The molecule has 3 fully saturated rings. The quantitative estimate of drug-likeness (QED) is 0.524. The Hall–Kier alpha value is -0.260. The van der Waals surface area contributed by atoms with Crippen molar-refractivity contribution in [2.45, 2.75) is 57.8 Å². The van der Waals surface area contributed by atoms with E-state index in [0.717, 1.165) is 35.5 Å². The zero-order valence-corrected chi connectivity index (χ0v) is 11.0. The zero-order valence-electron chi connectivity index (χ0n) is 11.0. The number of fused-ring (bicyclic) bond motifs is 4. The van der Waals surface area contributed by atoms with Crippen LogP contribution in [0.3, 0.4) is 0 Å². The van der Waals surface area contributed by atoms with E-state index in [4.69, 9.17) is 0 Å². The van der Waals surface area contributed by atoms with Crippen molar-refractivity contribution in [1.82, 2.24) is 0 Å². The second-order valence-corrected chi connectivity index (χ2v) is 7.27. The average molecular weight is 230 g/mol. The van der Waals surface area contributed by atoms with Crippen LogP contribution < -0.4 is 0 Å². The first-order valence-corrected chi connectivity index (χ1v) is 8.08. The molecule has 17 heavy (non-hydrogen) atoms. The fourth-order valence-electron chi connectivity index (χ4n) is 5.81. The van der Waals surface area contributed by atoms with Gasteiger partial charge in [-0.15, -0.1) is 0 Å². The second-order valence-electron chi connectivity index (χ2n) is 7.27. The number of hydrogen-bond donors (Lipinski definition) is 0. The van der Waals surface area contributed by atoms with Gasteiger partial charge in [0, 0.05) is 0 Å². The Morgan fingerprint density at radius 2 is 1.59 bits per heavy atom. The van der Waals surface area contributed by atoms with E-state index in [1.165, 1.54) is 19.3 Å². The van der Waals surface area contributed by atoms with Crippen LogP contribution in [0.2, 0.25) is 0 Å². The highest BCUT2D eigenvalue weighted by Gasteiger charge is 2.45. The topological polar surface area (TPSA) is 0 Å². The zero-order chi connectivity index (χ0) is 11.2. The van der Waals surface area contributed by atoms with Gasteiger partial charge in [0.05, 0.1) is 0 Å². The first kappa shape index (κ1) is 10.6. The maximum Gasteiger partial charge on any atom is -0.0199 e. The summed E-state index contributed by atoms with van der Waals surface area (Å²) in [6.45, 7) is 0. The van der Waals surface area contributed by atoms with Gasteiger partial charge in [-0.3, -0.25) is 0 Å². The molecular formula is C17H26. The maximum absolute atomic E-state index is 2.55. The number of allylic oxidation sites excluding steroid dienone is 2. The van der Waals surface area contributed by atoms with E-state index in [1.54, 1.807) is 38.5 Å². The lowest BCUT2D eigenvalue weighted by Crippen LogP contribution is -2.41. The van der Waals surface area contributed by atoms with Gasteiger partial charge in [0.25, 0.3) is 0 Å². The predicted molar refractivity (Wildman–Crippen MR) is 71.6 cm³/mol. The van der Waals surface area contributed by atoms with Crippen LogP contribution in [0.4, 0.5) is 0 Å². The molecule has 0 nitrogen and oxygen atoms in total. The molecule has 0 radical (unpaired) electrons. The second kappa shape index (κ2) is 4.14. The minimum absolute atomic E-state index is 0.983. The fraction of sp³-hybridized carbons (Fsp3) is 0.882. The van der Waals surface area contributed by atoms with E-state index in [-0.39, 0.29) is 0 Å². The van der Waals surface area contributed by atoms with E-state index < -0.39 is 0 Å². The van der Waals surface area contributed by atoms with Gasteiger partial charge in [-0.05, 0) is 74.0 Å². The molecule has 0 aromatic carbocycles. The summed E-state index contributed by atoms with van der Waals surface area (Å²) in [7, 11) is 0. The van der Waals surface area contributed by atoms with Crippen LogP contribution in [0.5, 0.6) is 0 Å². The smallest absolute Gasteiger partial charge is 0.0199 e. The van der Waals surface area contributed by atoms with Crippen molar-refractivity contribution in [3.05, 3.63) is 12.2 Å². The number of rotatable bonds is 0. The Balaban J connectivity index is 1.54. The summed E-state index contributed by atoms with van der Waals surface area (Å²) >= 11 is 0. The van der Waals surface area contributed by atoms with Crippen molar-refractivity contribution in [3.8, 4) is 0 Å². The normalized spacial score (nSPS) is 52.7. The molecule has 0 amide bonds. The standard InChI is InChI=1S/C17H26/c1-2-7-16-12(4-1)8-9-15-10-13-5-3-6-14(13)11-17(15)16/h3,5,12-17H,1-2,4,6-11H2. The molecule has 0 heterocycles. The lowest BCUT2D eigenvalue weighted by molar-refractivity contribution is -0.000656. The molecule has 0 bridgehead atoms. The van der Waals surface area contributed by atoms with E-state index in [0.29, 0.717) is 0 Å². The molecule has 4 aliphatic carbocycles. The van der Waals surface area contributed by atoms with Crippen LogP contribution in [0.15, 0.2) is 12.2 Å². The Labute approximate surface area is 106 Å². The molecule has 3 saturated carbocycles. The fourth-order valence-corrected chi connectivity index (χ4v) is 5.81. The predicted octanol–water partition coefficient (Wildman–Crippen LogP) is 4.81. The third kappa shape index (κ3) is 1.71. The summed E-state index contributed by atoms with van der Waals surface area (Å²) in [6, 6.07) is 0. The third-order valence-electron chi connectivity index (χ3n) is 6.61. The van der Waals surface area contributed by atoms with Crippen LogP contribution in [-0.4, -0.2) is 0 Å². The van der Waals surface area contributed by atoms with Gasteiger partial charge in [0.1, 0.15) is 0 Å². The summed E-state index contributed by atoms with van der Waals surface area (Å²) in [5.74, 6) is 6.56. The third-order valence-corrected chi connectivity index (χ3v) is 6.61. The highest BCUT2D eigenvalue weighted by Crippen LogP contribution is 2.55. The van der Waals surface area contributed by atoms with Crippen molar-refractivity contribution >= 4 is 0 Å². The molecule has 0 heteroatoms. The summed E-state index contributed by atoms with van der Waals surface area (Å²) < 4.78 is 0. The van der Waals surface area contributed by atoms with Gasteiger partial charge < -0.3 is 0 Å². The summed E-state index contributed by atoms with van der Waals surface area (Å²) in [5.41, 5.74) is 0. The van der Waals surface area contributed by atoms with Crippen LogP contribution in [0.25, 0.3) is 0 Å². The highest BCUT2D eigenvalue weighted by molar-refractivity contribution is 5.07. The molecule has 0 aliphatic heterocycles. The SMILES string of the molecule is C1=CC2CC3CCC4CCCCC4C3CC2C1. The molecule has 94 valence electrons. The largest absolute Gasteiger partial charge is 0.0880 e. The lowest BCUT2D eigenvalue weighted by Gasteiger charge is -2.50. The highest BCUT2D eigenvalue weighted by atomic mass is 14.5. The average Bonchev–Trinajstić information content (AvgIpc) is 2.83. The van der Waals surface area contributed by atoms with E-state index in [1.807, 2.05) is 0 Å². The minimum atomic E-state index is 0.983. The molecule has 0 aromatic heterocycles. The van der Waals surface area contributed by atoms with E-state index in [9.17, 15) is 0 Å². The first-order chi connectivity index (χ1) is 8.42. The van der Waals surface area contributed by atoms with Crippen molar-refractivity contribution in [2.75, 3.05) is 0 Å². The van der Waals surface area contributed by atoms with Gasteiger partial charge in [-0.25, -0.2) is 0 Å². The molecule has 0 saturated heterocycles. The van der Waals surface area contributed by atoms with Gasteiger partial charge in [-0.1, -0.05) is 31.4 Å². The van der Waals surface area contributed by atoms with Crippen molar-refractivity contribution < 1.29 is 0 Å². The summed E-state index contributed by atoms with van der Waals surface area (Å²) in [5, 5.41) is 0. The lowest BCUT2D eigenvalue weighted by atomic mass is 9.55. The van der Waals surface area contributed by atoms with Crippen LogP contribution in [0, 0.1) is 35.5 Å². The Kier molecular flexibility index (Phi) is 2.59. The van der Waals surface area contributed by atoms with Crippen molar-refractivity contribution in [1.29, 1.82) is 0 Å². The van der Waals surface area contributed by atoms with Crippen molar-refractivity contribution in [2.24, 2.45) is 35.5 Å². The Morgan fingerprint density at radius 1 is 0.706 bits per heavy atom. The molecular weight excluding hydrogens is 204 g/mol. The van der Waals surface area contributed by atoms with Crippen LogP contribution in [-0.2, 0) is 0 Å². The Bertz CT molecular complexity index is 316. The molecule has 0 aromatic rings. The summed E-state index contributed by atoms with van der Waals surface area (Å²) in [6.07, 6.45) is 18.9. The monoisotopic (exact) mass is 230 g/mol. The molecule has 6 atom stereocenters. The molecule has 4 rings (SSSR count). The van der Waals surface area contributed by atoms with Gasteiger partial charge in [-0.2, -0.15) is 0 Å². The van der Waals surface area contributed by atoms with Gasteiger partial charge in [0.2, 0.25) is 0 Å². The van der Waals surface area contributed by atoms with E-state index in [2.05, 4.69) is 12.2 Å². The van der Waals surface area contributed by atoms with Crippen LogP contribution >= 0.6 is 0 Å². The van der Waals surface area contributed by atoms with Gasteiger partial charge in [0.15, 0.2) is 0 Å². The Morgan fingerprint density at radius 3 is 2.59 bits per heavy atom.